The van der Waals surface area contributed by atoms with Crippen molar-refractivity contribution in [3.05, 3.63) is 33.8 Å². The minimum atomic E-state index is -0.718. The van der Waals surface area contributed by atoms with Gasteiger partial charge in [-0.05, 0) is 37.0 Å². The molecule has 130 valence electrons. The predicted octanol–water partition coefficient (Wildman–Crippen LogP) is 2.94. The molecule has 0 unspecified atom stereocenters. The summed E-state index contributed by atoms with van der Waals surface area (Å²) in [5.41, 5.74) is 0.257. The molecule has 2 amide bonds. The Morgan fingerprint density at radius 1 is 1.33 bits per heavy atom. The molecule has 1 aliphatic rings. The summed E-state index contributed by atoms with van der Waals surface area (Å²) in [6.45, 7) is 4.22. The van der Waals surface area contributed by atoms with E-state index in [0.717, 1.165) is 12.7 Å². The van der Waals surface area contributed by atoms with Crippen LogP contribution in [0, 0.1) is 5.92 Å². The normalized spacial score (nSPS) is 18.5. The Morgan fingerprint density at radius 2 is 2.04 bits per heavy atom. The van der Waals surface area contributed by atoms with Gasteiger partial charge in [0, 0.05) is 11.6 Å². The minimum absolute atomic E-state index is 0.125. The number of halogens is 2. The fraction of sp³-hybridized carbons (Fsp3) is 0.471. The van der Waals surface area contributed by atoms with Gasteiger partial charge >= 0.3 is 0 Å². The number of hydrogen-bond acceptors (Lipinski definition) is 3. The summed E-state index contributed by atoms with van der Waals surface area (Å²) in [4.78, 5) is 37.9. The highest BCUT2D eigenvalue weighted by atomic mass is 35.5. The summed E-state index contributed by atoms with van der Waals surface area (Å²) in [7, 11) is 0. The van der Waals surface area contributed by atoms with E-state index in [1.165, 1.54) is 12.1 Å². The van der Waals surface area contributed by atoms with Crippen LogP contribution in [0.15, 0.2) is 18.2 Å². The summed E-state index contributed by atoms with van der Waals surface area (Å²) in [5, 5.41) is 3.39. The van der Waals surface area contributed by atoms with Gasteiger partial charge in [-0.1, -0.05) is 37.0 Å². The van der Waals surface area contributed by atoms with Crippen molar-refractivity contribution in [3.8, 4) is 0 Å². The van der Waals surface area contributed by atoms with Crippen LogP contribution in [0.4, 0.5) is 0 Å². The lowest BCUT2D eigenvalue weighted by Crippen LogP contribution is -2.52. The van der Waals surface area contributed by atoms with Crippen LogP contribution in [0.1, 0.15) is 37.0 Å². The molecule has 1 N–H and O–H groups in total. The number of nitrogens with zero attached hydrogens (tertiary/aromatic N) is 1. The number of likely N-dealkylation sites (tertiary alicyclic amines) is 1. The topological polar surface area (TPSA) is 66.5 Å². The Morgan fingerprint density at radius 3 is 2.62 bits per heavy atom. The molecule has 2 atom stereocenters. The van der Waals surface area contributed by atoms with Crippen LogP contribution in [0.25, 0.3) is 0 Å². The molecular weight excluding hydrogens is 351 g/mol. The van der Waals surface area contributed by atoms with Gasteiger partial charge < -0.3 is 15.0 Å². The largest absolute Gasteiger partial charge is 0.340 e. The molecule has 7 heteroatoms. The number of aldehydes is 1. The third-order valence-electron chi connectivity index (χ3n) is 4.13. The van der Waals surface area contributed by atoms with Crippen LogP contribution >= 0.6 is 23.2 Å². The highest BCUT2D eigenvalue weighted by Crippen LogP contribution is 2.22. The van der Waals surface area contributed by atoms with Gasteiger partial charge in [0.1, 0.15) is 12.3 Å². The monoisotopic (exact) mass is 370 g/mol. The molecule has 5 nitrogen and oxygen atoms in total. The summed E-state index contributed by atoms with van der Waals surface area (Å²) in [6.07, 6.45) is 2.24. The maximum atomic E-state index is 12.8. The zero-order chi connectivity index (χ0) is 17.9. The van der Waals surface area contributed by atoms with E-state index in [1.807, 2.05) is 13.8 Å². The first-order valence-electron chi connectivity index (χ1n) is 7.86. The zero-order valence-corrected chi connectivity index (χ0v) is 15.1. The molecule has 1 aliphatic heterocycles. The van der Waals surface area contributed by atoms with Crippen LogP contribution in [0.3, 0.4) is 0 Å². The third-order valence-corrected chi connectivity index (χ3v) is 4.68. The highest BCUT2D eigenvalue weighted by Gasteiger charge is 2.35. The zero-order valence-electron chi connectivity index (χ0n) is 13.6. The van der Waals surface area contributed by atoms with Gasteiger partial charge in [0.05, 0.1) is 16.6 Å². The summed E-state index contributed by atoms with van der Waals surface area (Å²) >= 11 is 11.9. The Labute approximate surface area is 151 Å². The molecule has 0 aliphatic carbocycles. The summed E-state index contributed by atoms with van der Waals surface area (Å²) < 4.78 is 0. The van der Waals surface area contributed by atoms with Crippen molar-refractivity contribution in [2.75, 3.05) is 6.54 Å². The first-order chi connectivity index (χ1) is 11.3. The Balaban J connectivity index is 2.17. The van der Waals surface area contributed by atoms with Gasteiger partial charge in [0.25, 0.3) is 5.91 Å². The van der Waals surface area contributed by atoms with E-state index in [4.69, 9.17) is 23.2 Å². The van der Waals surface area contributed by atoms with Crippen molar-refractivity contribution >= 4 is 41.3 Å². The summed E-state index contributed by atoms with van der Waals surface area (Å²) in [6, 6.07) is 3.44. The smallest absolute Gasteiger partial charge is 0.253 e. The maximum absolute atomic E-state index is 12.8. The van der Waals surface area contributed by atoms with Crippen molar-refractivity contribution < 1.29 is 14.4 Å². The maximum Gasteiger partial charge on any atom is 0.253 e. The lowest BCUT2D eigenvalue weighted by atomic mass is 10.0. The average molecular weight is 371 g/mol. The van der Waals surface area contributed by atoms with Crippen molar-refractivity contribution in [3.63, 3.8) is 0 Å². The van der Waals surface area contributed by atoms with Gasteiger partial charge in [-0.25, -0.2) is 0 Å². The molecule has 1 heterocycles. The van der Waals surface area contributed by atoms with E-state index in [2.05, 4.69) is 5.32 Å². The SMILES string of the molecule is CC(C)[C@H](NC(=O)c1ccc(Cl)cc1Cl)C(=O)N1CCC[C@H]1C=O. The van der Waals surface area contributed by atoms with Crippen molar-refractivity contribution in [2.24, 2.45) is 5.92 Å². The number of rotatable bonds is 5. The first kappa shape index (κ1) is 18.7. The average Bonchev–Trinajstić information content (AvgIpc) is 3.00. The molecule has 1 aromatic rings. The second kappa shape index (κ2) is 7.99. The molecule has 0 spiro atoms. The number of carbonyl (C=O) groups excluding carboxylic acids is 3. The van der Waals surface area contributed by atoms with Crippen LogP contribution in [-0.2, 0) is 9.59 Å². The number of amides is 2. The van der Waals surface area contributed by atoms with Crippen LogP contribution in [-0.4, -0.2) is 41.6 Å². The standard InChI is InChI=1S/C17H20Cl2N2O3/c1-10(2)15(17(24)21-7-3-4-12(21)9-22)20-16(23)13-6-5-11(18)8-14(13)19/h5-6,8-10,12,15H,3-4,7H2,1-2H3,(H,20,23)/t12-,15-/m0/s1. The molecule has 0 saturated carbocycles. The molecule has 1 saturated heterocycles. The molecule has 0 bridgehead atoms. The van der Waals surface area contributed by atoms with E-state index >= 15 is 0 Å². The van der Waals surface area contributed by atoms with Gasteiger partial charge in [-0.3, -0.25) is 9.59 Å². The predicted molar refractivity (Wildman–Crippen MR) is 93.4 cm³/mol. The van der Waals surface area contributed by atoms with E-state index < -0.39 is 18.0 Å². The van der Waals surface area contributed by atoms with E-state index in [9.17, 15) is 14.4 Å². The van der Waals surface area contributed by atoms with Crippen LogP contribution < -0.4 is 5.32 Å². The Hall–Kier alpha value is -1.59. The number of hydrogen-bond donors (Lipinski definition) is 1. The Bertz CT molecular complexity index is 649. The number of benzene rings is 1. The lowest BCUT2D eigenvalue weighted by Gasteiger charge is -2.29. The molecule has 24 heavy (non-hydrogen) atoms. The second-order valence-corrected chi connectivity index (χ2v) is 7.04. The number of nitrogens with one attached hydrogen (secondary N) is 1. The van der Waals surface area contributed by atoms with E-state index in [0.29, 0.717) is 18.0 Å². The molecule has 0 aromatic heterocycles. The molecule has 0 radical (unpaired) electrons. The molecule has 1 fully saturated rings. The van der Waals surface area contributed by atoms with Crippen molar-refractivity contribution in [2.45, 2.75) is 38.8 Å². The number of carbonyl (C=O) groups is 3. The first-order valence-corrected chi connectivity index (χ1v) is 8.62. The minimum Gasteiger partial charge on any atom is -0.340 e. The fourth-order valence-electron chi connectivity index (χ4n) is 2.79. The highest BCUT2D eigenvalue weighted by molar-refractivity contribution is 6.36. The quantitative estimate of drug-likeness (QED) is 0.810. The van der Waals surface area contributed by atoms with Gasteiger partial charge in [-0.2, -0.15) is 0 Å². The van der Waals surface area contributed by atoms with Crippen LogP contribution in [0.5, 0.6) is 0 Å². The van der Waals surface area contributed by atoms with Gasteiger partial charge in [0.15, 0.2) is 0 Å². The molecular formula is C17H20Cl2N2O3. The van der Waals surface area contributed by atoms with E-state index in [-0.39, 0.29) is 22.4 Å². The summed E-state index contributed by atoms with van der Waals surface area (Å²) in [5.74, 6) is -0.802. The molecule has 2 rings (SSSR count). The third kappa shape index (κ3) is 4.08. The molecule has 1 aromatic carbocycles. The van der Waals surface area contributed by atoms with Gasteiger partial charge in [0.2, 0.25) is 5.91 Å². The van der Waals surface area contributed by atoms with Crippen molar-refractivity contribution in [1.29, 1.82) is 0 Å². The van der Waals surface area contributed by atoms with Crippen LogP contribution in [0.2, 0.25) is 10.0 Å². The Kier molecular flexibility index (Phi) is 6.24. The second-order valence-electron chi connectivity index (χ2n) is 6.20. The van der Waals surface area contributed by atoms with Crippen molar-refractivity contribution in [1.82, 2.24) is 10.2 Å². The van der Waals surface area contributed by atoms with Gasteiger partial charge in [-0.15, -0.1) is 0 Å². The van der Waals surface area contributed by atoms with E-state index in [1.54, 1.807) is 11.0 Å². The lowest BCUT2D eigenvalue weighted by molar-refractivity contribution is -0.137. The fourth-order valence-corrected chi connectivity index (χ4v) is 3.29.